The van der Waals surface area contributed by atoms with Gasteiger partial charge in [0.2, 0.25) is 0 Å². The van der Waals surface area contributed by atoms with E-state index in [9.17, 15) is 0 Å². The van der Waals surface area contributed by atoms with Crippen LogP contribution in [-0.4, -0.2) is 36.7 Å². The van der Waals surface area contributed by atoms with E-state index in [1.807, 2.05) is 43.0 Å². The fourth-order valence-corrected chi connectivity index (χ4v) is 3.39. The molecule has 3 rings (SSSR count). The lowest BCUT2D eigenvalue weighted by atomic mass is 10.1. The Morgan fingerprint density at radius 3 is 2.62 bits per heavy atom. The maximum Gasteiger partial charge on any atom is 0.188 e. The number of hydrogen-bond donors (Lipinski definition) is 3. The third-order valence-electron chi connectivity index (χ3n) is 4.71. The van der Waals surface area contributed by atoms with Crippen molar-refractivity contribution < 1.29 is 4.74 Å². The fraction of sp³-hybridized carbons (Fsp3) is 0.368. The molecule has 0 aromatic heterocycles. The first-order valence-corrected chi connectivity index (χ1v) is 8.58. The third kappa shape index (κ3) is 3.11. The molecule has 1 fully saturated rings. The summed E-state index contributed by atoms with van der Waals surface area (Å²) >= 11 is 0. The normalized spacial score (nSPS) is 23.7. The highest BCUT2D eigenvalue weighted by Crippen LogP contribution is 2.31. The summed E-state index contributed by atoms with van der Waals surface area (Å²) < 4.78 is 5.38. The number of ether oxygens (including phenoxy) is 1. The minimum absolute atomic E-state index is 0.0176. The van der Waals surface area contributed by atoms with Gasteiger partial charge in [0.05, 0.1) is 30.6 Å². The zero-order chi connectivity index (χ0) is 18.8. The SMILES string of the molecule is COC1=CC=C2C(N1)N(c1ccc(C#N)cc1)CC(C)C(=N)N2C(C)N. The quantitative estimate of drug-likeness (QED) is 0.768. The van der Waals surface area contributed by atoms with E-state index in [0.29, 0.717) is 23.8 Å². The Bertz CT molecular complexity index is 789. The lowest BCUT2D eigenvalue weighted by Gasteiger charge is -2.39. The molecule has 136 valence electrons. The van der Waals surface area contributed by atoms with Crippen molar-refractivity contribution in [2.75, 3.05) is 18.6 Å². The van der Waals surface area contributed by atoms with Gasteiger partial charge in [-0.1, -0.05) is 6.92 Å². The molecule has 2 aliphatic heterocycles. The number of nitrogens with zero attached hydrogens (tertiary/aromatic N) is 3. The van der Waals surface area contributed by atoms with E-state index < -0.39 is 0 Å². The highest BCUT2D eigenvalue weighted by molar-refractivity contribution is 5.85. The van der Waals surface area contributed by atoms with Crippen LogP contribution in [0.5, 0.6) is 0 Å². The van der Waals surface area contributed by atoms with E-state index in [0.717, 1.165) is 11.4 Å². The summed E-state index contributed by atoms with van der Waals surface area (Å²) in [7, 11) is 1.62. The molecule has 0 aliphatic carbocycles. The molecule has 0 radical (unpaired) electrons. The lowest BCUT2D eigenvalue weighted by molar-refractivity contribution is 0.241. The van der Waals surface area contributed by atoms with E-state index in [1.54, 1.807) is 19.2 Å². The van der Waals surface area contributed by atoms with Crippen LogP contribution in [0.3, 0.4) is 0 Å². The second kappa shape index (κ2) is 7.10. The number of nitrogens with one attached hydrogen (secondary N) is 2. The van der Waals surface area contributed by atoms with Gasteiger partial charge in [-0.3, -0.25) is 5.41 Å². The van der Waals surface area contributed by atoms with Crippen molar-refractivity contribution in [2.24, 2.45) is 11.7 Å². The summed E-state index contributed by atoms with van der Waals surface area (Å²) in [4.78, 5) is 4.05. The number of methoxy groups -OCH3 is 1. The number of nitrogens with two attached hydrogens (primary N) is 1. The van der Waals surface area contributed by atoms with Gasteiger partial charge in [0.1, 0.15) is 12.0 Å². The average molecular weight is 352 g/mol. The van der Waals surface area contributed by atoms with Crippen LogP contribution >= 0.6 is 0 Å². The summed E-state index contributed by atoms with van der Waals surface area (Å²) in [5, 5.41) is 21.1. The third-order valence-corrected chi connectivity index (χ3v) is 4.71. The topological polar surface area (TPSA) is 101 Å². The van der Waals surface area contributed by atoms with E-state index in [-0.39, 0.29) is 18.2 Å². The summed E-state index contributed by atoms with van der Waals surface area (Å²) in [5.74, 6) is 1.13. The van der Waals surface area contributed by atoms with Crippen molar-refractivity contribution in [1.82, 2.24) is 10.2 Å². The first kappa shape index (κ1) is 17.8. The molecular weight excluding hydrogens is 328 g/mol. The molecule has 1 aromatic rings. The van der Waals surface area contributed by atoms with Gasteiger partial charge in [0, 0.05) is 18.2 Å². The van der Waals surface area contributed by atoms with E-state index >= 15 is 0 Å². The summed E-state index contributed by atoms with van der Waals surface area (Å²) in [6.07, 6.45) is 3.26. The molecule has 3 unspecified atom stereocenters. The van der Waals surface area contributed by atoms with Crippen LogP contribution in [0.1, 0.15) is 19.4 Å². The number of rotatable bonds is 3. The molecule has 1 saturated heterocycles. The molecule has 1 aromatic carbocycles. The first-order chi connectivity index (χ1) is 12.5. The van der Waals surface area contributed by atoms with Crippen molar-refractivity contribution in [3.05, 3.63) is 53.6 Å². The zero-order valence-corrected chi connectivity index (χ0v) is 15.2. The van der Waals surface area contributed by atoms with Crippen LogP contribution in [0, 0.1) is 22.7 Å². The maximum absolute atomic E-state index is 9.05. The number of allylic oxidation sites excluding steroid dienone is 2. The monoisotopic (exact) mass is 352 g/mol. The molecule has 3 atom stereocenters. The lowest BCUT2D eigenvalue weighted by Crippen LogP contribution is -2.53. The van der Waals surface area contributed by atoms with E-state index in [2.05, 4.69) is 16.3 Å². The molecule has 2 heterocycles. The molecule has 2 aliphatic rings. The van der Waals surface area contributed by atoms with Gasteiger partial charge in [-0.25, -0.2) is 0 Å². The van der Waals surface area contributed by atoms with Gasteiger partial charge < -0.3 is 25.6 Å². The Labute approximate surface area is 153 Å². The fourth-order valence-electron chi connectivity index (χ4n) is 3.39. The molecular formula is C19H24N6O. The zero-order valence-electron chi connectivity index (χ0n) is 15.2. The Morgan fingerprint density at radius 1 is 1.35 bits per heavy atom. The van der Waals surface area contributed by atoms with Crippen LogP contribution in [-0.2, 0) is 4.74 Å². The molecule has 0 spiro atoms. The van der Waals surface area contributed by atoms with Gasteiger partial charge in [-0.15, -0.1) is 0 Å². The molecule has 0 saturated carbocycles. The Hall–Kier alpha value is -2.98. The maximum atomic E-state index is 9.05. The van der Waals surface area contributed by atoms with Gasteiger partial charge in [0.25, 0.3) is 0 Å². The number of fused-ring (bicyclic) bond motifs is 1. The number of anilines is 1. The first-order valence-electron chi connectivity index (χ1n) is 8.58. The van der Waals surface area contributed by atoms with Crippen molar-refractivity contribution in [1.29, 1.82) is 10.7 Å². The average Bonchev–Trinajstić information content (AvgIpc) is 2.76. The van der Waals surface area contributed by atoms with Gasteiger partial charge in [-0.05, 0) is 43.3 Å². The summed E-state index contributed by atoms with van der Waals surface area (Å²) in [6, 6.07) is 9.62. The minimum Gasteiger partial charge on any atom is -0.482 e. The standard InChI is InChI=1S/C19H24N6O/c1-12-11-24(15-6-4-14(10-20)5-7-15)19-16(8-9-17(23-19)26-3)25(13(2)21)18(12)22/h4-9,12-13,19,22-23H,11,21H2,1-3H3. The van der Waals surface area contributed by atoms with Crippen molar-refractivity contribution in [3.63, 3.8) is 0 Å². The Morgan fingerprint density at radius 2 is 2.04 bits per heavy atom. The van der Waals surface area contributed by atoms with Gasteiger partial charge in [0.15, 0.2) is 5.88 Å². The molecule has 7 heteroatoms. The van der Waals surface area contributed by atoms with Gasteiger partial charge in [-0.2, -0.15) is 5.26 Å². The van der Waals surface area contributed by atoms with E-state index in [1.165, 1.54) is 0 Å². The summed E-state index contributed by atoms with van der Waals surface area (Å²) in [5.41, 5.74) is 8.68. The second-order valence-electron chi connectivity index (χ2n) is 6.58. The predicted molar refractivity (Wildman–Crippen MR) is 101 cm³/mol. The van der Waals surface area contributed by atoms with Gasteiger partial charge >= 0.3 is 0 Å². The number of dihydropyridines is 1. The van der Waals surface area contributed by atoms with Crippen LogP contribution in [0.25, 0.3) is 0 Å². The van der Waals surface area contributed by atoms with Crippen molar-refractivity contribution in [3.8, 4) is 6.07 Å². The number of benzene rings is 1. The van der Waals surface area contributed by atoms with Crippen molar-refractivity contribution >= 4 is 11.5 Å². The van der Waals surface area contributed by atoms with Crippen LogP contribution in [0.4, 0.5) is 5.69 Å². The number of hydrogen-bond acceptors (Lipinski definition) is 6. The second-order valence-corrected chi connectivity index (χ2v) is 6.58. The highest BCUT2D eigenvalue weighted by atomic mass is 16.5. The predicted octanol–water partition coefficient (Wildman–Crippen LogP) is 1.90. The molecule has 26 heavy (non-hydrogen) atoms. The molecule has 4 N–H and O–H groups in total. The minimum atomic E-state index is -0.320. The molecule has 0 bridgehead atoms. The van der Waals surface area contributed by atoms with Crippen LogP contribution in [0.2, 0.25) is 0 Å². The Balaban J connectivity index is 2.08. The van der Waals surface area contributed by atoms with E-state index in [4.69, 9.17) is 21.1 Å². The van der Waals surface area contributed by atoms with Crippen LogP contribution < -0.4 is 16.0 Å². The van der Waals surface area contributed by atoms with Crippen molar-refractivity contribution in [2.45, 2.75) is 26.2 Å². The summed E-state index contributed by atoms with van der Waals surface area (Å²) in [6.45, 7) is 4.54. The Kier molecular flexibility index (Phi) is 4.87. The van der Waals surface area contributed by atoms with Crippen LogP contribution in [0.15, 0.2) is 48.0 Å². The largest absolute Gasteiger partial charge is 0.482 e. The molecule has 7 nitrogen and oxygen atoms in total. The smallest absolute Gasteiger partial charge is 0.188 e. The molecule has 0 amide bonds. The highest BCUT2D eigenvalue weighted by Gasteiger charge is 2.38. The number of nitriles is 1. The number of amidine groups is 1.